The van der Waals surface area contributed by atoms with E-state index in [1.807, 2.05) is 56.3 Å². The molecule has 3 rings (SSSR count). The fraction of sp³-hybridized carbons (Fsp3) is 0.158. The van der Waals surface area contributed by atoms with Gasteiger partial charge < -0.3 is 4.57 Å². The molecule has 0 fully saturated rings. The fourth-order valence-corrected chi connectivity index (χ4v) is 2.52. The van der Waals surface area contributed by atoms with E-state index in [9.17, 15) is 9.59 Å². The predicted molar refractivity (Wildman–Crippen MR) is 88.5 cm³/mol. The Kier molecular flexibility index (Phi) is 3.63. The van der Waals surface area contributed by atoms with Crippen molar-refractivity contribution in [3.8, 4) is 0 Å². The van der Waals surface area contributed by atoms with Crippen LogP contribution in [0.25, 0.3) is 10.8 Å². The lowest BCUT2D eigenvalue weighted by Crippen LogP contribution is -2.23. The topological polar surface area (TPSA) is 39.1 Å². The lowest BCUT2D eigenvalue weighted by atomic mass is 10.0. The minimum atomic E-state index is -0.129. The quantitative estimate of drug-likeness (QED) is 0.693. The van der Waals surface area contributed by atoms with Crippen molar-refractivity contribution in [3.63, 3.8) is 0 Å². The summed E-state index contributed by atoms with van der Waals surface area (Å²) >= 11 is 0. The Bertz CT molecular complexity index is 922. The second-order valence-corrected chi connectivity index (χ2v) is 5.56. The summed E-state index contributed by atoms with van der Waals surface area (Å²) in [4.78, 5) is 24.8. The first kappa shape index (κ1) is 14.3. The maximum absolute atomic E-state index is 12.4. The maximum Gasteiger partial charge on any atom is 0.258 e. The van der Waals surface area contributed by atoms with Gasteiger partial charge >= 0.3 is 0 Å². The molecule has 0 spiro atoms. The molecular formula is C19H17NO2. The fourth-order valence-electron chi connectivity index (χ4n) is 2.52. The smallest absolute Gasteiger partial charge is 0.258 e. The Morgan fingerprint density at radius 2 is 1.77 bits per heavy atom. The van der Waals surface area contributed by atoms with E-state index in [1.54, 1.807) is 12.3 Å². The van der Waals surface area contributed by atoms with Crippen LogP contribution in [0, 0.1) is 13.8 Å². The number of rotatable bonds is 3. The van der Waals surface area contributed by atoms with Crippen molar-refractivity contribution in [2.75, 3.05) is 0 Å². The highest BCUT2D eigenvalue weighted by Crippen LogP contribution is 2.12. The highest BCUT2D eigenvalue weighted by molar-refractivity contribution is 5.96. The molecule has 0 amide bonds. The third-order valence-electron chi connectivity index (χ3n) is 4.03. The van der Waals surface area contributed by atoms with E-state index < -0.39 is 0 Å². The predicted octanol–water partition coefficient (Wildman–Crippen LogP) is 3.50. The number of pyridine rings is 1. The van der Waals surface area contributed by atoms with Gasteiger partial charge in [0.1, 0.15) is 0 Å². The molecule has 0 unspecified atom stereocenters. The third kappa shape index (κ3) is 2.58. The van der Waals surface area contributed by atoms with Gasteiger partial charge in [-0.25, -0.2) is 0 Å². The molecule has 22 heavy (non-hydrogen) atoms. The molecule has 0 aliphatic carbocycles. The van der Waals surface area contributed by atoms with E-state index in [1.165, 1.54) is 4.57 Å². The number of hydrogen-bond acceptors (Lipinski definition) is 2. The normalized spacial score (nSPS) is 10.8. The molecular weight excluding hydrogens is 274 g/mol. The lowest BCUT2D eigenvalue weighted by Gasteiger charge is -2.08. The van der Waals surface area contributed by atoms with Gasteiger partial charge in [-0.1, -0.05) is 30.3 Å². The van der Waals surface area contributed by atoms with E-state index in [4.69, 9.17) is 0 Å². The number of fused-ring (bicyclic) bond motifs is 1. The van der Waals surface area contributed by atoms with Crippen molar-refractivity contribution < 1.29 is 4.79 Å². The van der Waals surface area contributed by atoms with Crippen LogP contribution < -0.4 is 5.56 Å². The number of hydrogen-bond donors (Lipinski definition) is 0. The van der Waals surface area contributed by atoms with Crippen molar-refractivity contribution in [3.05, 3.63) is 81.8 Å². The first-order valence-electron chi connectivity index (χ1n) is 7.25. The summed E-state index contributed by atoms with van der Waals surface area (Å²) in [6.07, 6.45) is 1.68. The minimum Gasteiger partial charge on any atom is -0.307 e. The van der Waals surface area contributed by atoms with Gasteiger partial charge in [-0.15, -0.1) is 0 Å². The van der Waals surface area contributed by atoms with Crippen LogP contribution in [0.1, 0.15) is 21.5 Å². The summed E-state index contributed by atoms with van der Waals surface area (Å²) in [7, 11) is 0. The Hall–Kier alpha value is -2.68. The maximum atomic E-state index is 12.4. The molecule has 3 heteroatoms. The van der Waals surface area contributed by atoms with Crippen molar-refractivity contribution in [2.45, 2.75) is 20.4 Å². The molecule has 3 nitrogen and oxygen atoms in total. The lowest BCUT2D eigenvalue weighted by molar-refractivity contribution is 0.0971. The highest BCUT2D eigenvalue weighted by Gasteiger charge is 2.10. The van der Waals surface area contributed by atoms with Gasteiger partial charge in [-0.05, 0) is 48.6 Å². The SMILES string of the molecule is Cc1ccc(C(=O)Cn2ccc3ccccc3c2=O)cc1C. The molecule has 0 saturated heterocycles. The van der Waals surface area contributed by atoms with Crippen LogP contribution in [0.4, 0.5) is 0 Å². The molecule has 0 N–H and O–H groups in total. The van der Waals surface area contributed by atoms with Gasteiger partial charge in [0.25, 0.3) is 5.56 Å². The minimum absolute atomic E-state index is 0.0551. The first-order valence-corrected chi connectivity index (χ1v) is 7.25. The van der Waals surface area contributed by atoms with Crippen LogP contribution in [-0.2, 0) is 6.54 Å². The zero-order chi connectivity index (χ0) is 15.7. The zero-order valence-corrected chi connectivity index (χ0v) is 12.7. The number of Topliss-reactive ketones (excluding diaryl/α,β-unsaturated/α-hetero) is 1. The molecule has 0 aliphatic rings. The van der Waals surface area contributed by atoms with Gasteiger partial charge in [0.05, 0.1) is 6.54 Å². The summed E-state index contributed by atoms with van der Waals surface area (Å²) in [6, 6.07) is 14.9. The van der Waals surface area contributed by atoms with Crippen molar-refractivity contribution in [1.82, 2.24) is 4.57 Å². The molecule has 110 valence electrons. The molecule has 3 aromatic rings. The van der Waals surface area contributed by atoms with E-state index in [-0.39, 0.29) is 17.9 Å². The van der Waals surface area contributed by atoms with Crippen LogP contribution in [0.2, 0.25) is 0 Å². The van der Waals surface area contributed by atoms with E-state index in [0.717, 1.165) is 16.5 Å². The largest absolute Gasteiger partial charge is 0.307 e. The average molecular weight is 291 g/mol. The number of ketones is 1. The zero-order valence-electron chi connectivity index (χ0n) is 12.7. The van der Waals surface area contributed by atoms with E-state index in [0.29, 0.717) is 10.9 Å². The highest BCUT2D eigenvalue weighted by atomic mass is 16.1. The molecule has 1 aromatic heterocycles. The molecule has 0 atom stereocenters. The van der Waals surface area contributed by atoms with Crippen LogP contribution in [-0.4, -0.2) is 10.4 Å². The van der Waals surface area contributed by atoms with Crippen LogP contribution in [0.3, 0.4) is 0 Å². The molecule has 2 aromatic carbocycles. The number of aryl methyl sites for hydroxylation is 2. The van der Waals surface area contributed by atoms with Gasteiger partial charge in [-0.3, -0.25) is 9.59 Å². The summed E-state index contributed by atoms with van der Waals surface area (Å²) in [5.41, 5.74) is 2.74. The van der Waals surface area contributed by atoms with Crippen molar-refractivity contribution in [1.29, 1.82) is 0 Å². The van der Waals surface area contributed by atoms with Gasteiger partial charge in [-0.2, -0.15) is 0 Å². The third-order valence-corrected chi connectivity index (χ3v) is 4.03. The van der Waals surface area contributed by atoms with Crippen LogP contribution >= 0.6 is 0 Å². The second-order valence-electron chi connectivity index (χ2n) is 5.56. The van der Waals surface area contributed by atoms with E-state index in [2.05, 4.69) is 0 Å². The van der Waals surface area contributed by atoms with Crippen LogP contribution in [0.15, 0.2) is 59.5 Å². The molecule has 1 heterocycles. The standard InChI is InChI=1S/C19H17NO2/c1-13-7-8-16(11-14(13)2)18(21)12-20-10-9-15-5-3-4-6-17(15)19(20)22/h3-11H,12H2,1-2H3. The Morgan fingerprint density at radius 3 is 2.55 bits per heavy atom. The summed E-state index contributed by atoms with van der Waals surface area (Å²) in [5.74, 6) is -0.0551. The first-order chi connectivity index (χ1) is 10.6. The van der Waals surface area contributed by atoms with Crippen molar-refractivity contribution in [2.24, 2.45) is 0 Å². The van der Waals surface area contributed by atoms with Crippen LogP contribution in [0.5, 0.6) is 0 Å². The Morgan fingerprint density at radius 1 is 1.00 bits per heavy atom. The summed E-state index contributed by atoms with van der Waals surface area (Å²) < 4.78 is 1.47. The molecule has 0 saturated carbocycles. The monoisotopic (exact) mass is 291 g/mol. The number of carbonyl (C=O) groups is 1. The Labute approximate surface area is 128 Å². The average Bonchev–Trinajstić information content (AvgIpc) is 2.53. The molecule has 0 radical (unpaired) electrons. The number of aromatic nitrogens is 1. The van der Waals surface area contributed by atoms with Gasteiger partial charge in [0.2, 0.25) is 0 Å². The summed E-state index contributed by atoms with van der Waals surface area (Å²) in [6.45, 7) is 4.05. The molecule has 0 bridgehead atoms. The van der Waals surface area contributed by atoms with E-state index >= 15 is 0 Å². The second kappa shape index (κ2) is 5.60. The number of nitrogens with zero attached hydrogens (tertiary/aromatic N) is 1. The Balaban J connectivity index is 1.96. The number of carbonyl (C=O) groups excluding carboxylic acids is 1. The van der Waals surface area contributed by atoms with Gasteiger partial charge in [0.15, 0.2) is 5.78 Å². The molecule has 0 aliphatic heterocycles. The van der Waals surface area contributed by atoms with Gasteiger partial charge in [0, 0.05) is 17.1 Å². The van der Waals surface area contributed by atoms with Crippen molar-refractivity contribution >= 4 is 16.6 Å². The number of benzene rings is 2. The summed E-state index contributed by atoms with van der Waals surface area (Å²) in [5, 5.41) is 1.53.